The van der Waals surface area contributed by atoms with Crippen molar-refractivity contribution in [3.63, 3.8) is 0 Å². The van der Waals surface area contributed by atoms with Crippen LogP contribution in [0.4, 0.5) is 10.2 Å². The van der Waals surface area contributed by atoms with Crippen LogP contribution in [0.15, 0.2) is 59.5 Å². The summed E-state index contributed by atoms with van der Waals surface area (Å²) < 4.78 is 53.6. The molecule has 1 aliphatic heterocycles. The van der Waals surface area contributed by atoms with E-state index in [9.17, 15) is 17.6 Å². The smallest absolute Gasteiger partial charge is 0.268 e. The molecule has 1 saturated heterocycles. The van der Waals surface area contributed by atoms with E-state index in [4.69, 9.17) is 14.5 Å². The Morgan fingerprint density at radius 1 is 1.13 bits per heavy atom. The van der Waals surface area contributed by atoms with Crippen LogP contribution in [0, 0.1) is 11.7 Å². The second-order valence-electron chi connectivity index (χ2n) is 10.6. The highest BCUT2D eigenvalue weighted by molar-refractivity contribution is 7.90. The molecule has 0 bridgehead atoms. The van der Waals surface area contributed by atoms with E-state index in [0.717, 1.165) is 12.8 Å². The molecule has 1 aromatic heterocycles. The van der Waals surface area contributed by atoms with E-state index in [0.29, 0.717) is 41.7 Å². The minimum atomic E-state index is -4.19. The zero-order valence-corrected chi connectivity index (χ0v) is 23.6. The number of sulfonamides is 1. The van der Waals surface area contributed by atoms with Gasteiger partial charge in [-0.2, -0.15) is 0 Å². The molecular weight excluding hydrogens is 521 g/mol. The largest absolute Gasteiger partial charge is 0.497 e. The molecule has 2 aromatic carbocycles. The predicted octanol–water partition coefficient (Wildman–Crippen LogP) is 5.43. The highest BCUT2D eigenvalue weighted by Gasteiger charge is 2.36. The number of hydrogen-bond donors (Lipinski definition) is 1. The van der Waals surface area contributed by atoms with Gasteiger partial charge < -0.3 is 14.4 Å². The Kier molecular flexibility index (Phi) is 8.15. The van der Waals surface area contributed by atoms with Crippen LogP contribution in [-0.2, 0) is 10.0 Å². The Morgan fingerprint density at radius 3 is 2.56 bits per heavy atom. The standard InChI is InChI=1S/C29H34FN3O5S/c1-19(2)18-38-23-15-20(14-21(30)16-23)26-11-10-25(27(31-26)33-13-7-12-29(33,3)4)28(34)32-39(35,36)24-9-6-8-22(17-24)37-5/h6,8-11,14-17,19H,7,12-13,18H2,1-5H3,(H,32,34). The first-order chi connectivity index (χ1) is 18.4. The maximum atomic E-state index is 14.5. The predicted molar refractivity (Wildman–Crippen MR) is 148 cm³/mol. The number of rotatable bonds is 9. The Labute approximate surface area is 229 Å². The average Bonchev–Trinajstić information content (AvgIpc) is 3.25. The monoisotopic (exact) mass is 555 g/mol. The number of amides is 1. The molecule has 10 heteroatoms. The summed E-state index contributed by atoms with van der Waals surface area (Å²) in [6.07, 6.45) is 1.75. The quantitative estimate of drug-likeness (QED) is 0.376. The third kappa shape index (κ3) is 6.50. The molecule has 1 amide bonds. The number of anilines is 1. The molecule has 0 atom stereocenters. The van der Waals surface area contributed by atoms with Gasteiger partial charge in [0.1, 0.15) is 23.1 Å². The van der Waals surface area contributed by atoms with Gasteiger partial charge in [0.2, 0.25) is 0 Å². The number of methoxy groups -OCH3 is 1. The molecule has 0 spiro atoms. The molecule has 0 unspecified atom stereocenters. The normalized spacial score (nSPS) is 14.9. The van der Waals surface area contributed by atoms with E-state index < -0.39 is 21.7 Å². The first-order valence-corrected chi connectivity index (χ1v) is 14.3. The summed E-state index contributed by atoms with van der Waals surface area (Å²) in [5.41, 5.74) is 0.712. The SMILES string of the molecule is COc1cccc(S(=O)(=O)NC(=O)c2ccc(-c3cc(F)cc(OCC(C)C)c3)nc2N2CCCC2(C)C)c1. The first kappa shape index (κ1) is 28.4. The number of aromatic nitrogens is 1. The zero-order valence-electron chi connectivity index (χ0n) is 22.8. The summed E-state index contributed by atoms with van der Waals surface area (Å²) in [7, 11) is -2.76. The third-order valence-corrected chi connectivity index (χ3v) is 7.93. The molecule has 4 rings (SSSR count). The lowest BCUT2D eigenvalue weighted by atomic mass is 10.0. The van der Waals surface area contributed by atoms with Crippen molar-refractivity contribution in [2.45, 2.75) is 51.0 Å². The van der Waals surface area contributed by atoms with E-state index in [-0.39, 0.29) is 21.9 Å². The molecule has 0 radical (unpaired) electrons. The number of hydrogen-bond acceptors (Lipinski definition) is 7. The number of benzene rings is 2. The van der Waals surface area contributed by atoms with Crippen molar-refractivity contribution in [2.24, 2.45) is 5.92 Å². The van der Waals surface area contributed by atoms with Crippen LogP contribution in [-0.4, -0.2) is 45.1 Å². The lowest BCUT2D eigenvalue weighted by Crippen LogP contribution is -2.41. The lowest BCUT2D eigenvalue weighted by molar-refractivity contribution is 0.0981. The van der Waals surface area contributed by atoms with Crippen LogP contribution in [0.3, 0.4) is 0 Å². The van der Waals surface area contributed by atoms with Crippen LogP contribution < -0.4 is 19.1 Å². The third-order valence-electron chi connectivity index (χ3n) is 6.61. The molecule has 1 aliphatic rings. The Morgan fingerprint density at radius 2 is 1.90 bits per heavy atom. The van der Waals surface area contributed by atoms with Gasteiger partial charge in [-0.05, 0) is 69.0 Å². The molecule has 3 aromatic rings. The van der Waals surface area contributed by atoms with Crippen LogP contribution in [0.2, 0.25) is 0 Å². The molecule has 2 heterocycles. The summed E-state index contributed by atoms with van der Waals surface area (Å²) in [4.78, 5) is 20.1. The minimum Gasteiger partial charge on any atom is -0.497 e. The van der Waals surface area contributed by atoms with E-state index in [1.807, 2.05) is 32.6 Å². The topological polar surface area (TPSA) is 97.8 Å². The second-order valence-corrected chi connectivity index (χ2v) is 12.3. The van der Waals surface area contributed by atoms with Crippen LogP contribution in [0.5, 0.6) is 11.5 Å². The second kappa shape index (κ2) is 11.2. The minimum absolute atomic E-state index is 0.100. The Bertz CT molecular complexity index is 1470. The maximum Gasteiger partial charge on any atom is 0.268 e. The van der Waals surface area contributed by atoms with Gasteiger partial charge in [-0.3, -0.25) is 4.79 Å². The molecule has 1 N–H and O–H groups in total. The number of halogens is 1. The number of nitrogens with zero attached hydrogens (tertiary/aromatic N) is 2. The fourth-order valence-corrected chi connectivity index (χ4v) is 5.55. The number of carbonyl (C=O) groups is 1. The van der Waals surface area contributed by atoms with E-state index in [2.05, 4.69) is 4.72 Å². The maximum absolute atomic E-state index is 14.5. The van der Waals surface area contributed by atoms with Crippen LogP contribution >= 0.6 is 0 Å². The van der Waals surface area contributed by atoms with Gasteiger partial charge in [-0.1, -0.05) is 19.9 Å². The van der Waals surface area contributed by atoms with E-state index in [1.54, 1.807) is 18.2 Å². The van der Waals surface area contributed by atoms with Crippen molar-refractivity contribution in [1.82, 2.24) is 9.71 Å². The number of carbonyl (C=O) groups excluding carboxylic acids is 1. The molecule has 208 valence electrons. The van der Waals surface area contributed by atoms with Crippen molar-refractivity contribution >= 4 is 21.7 Å². The van der Waals surface area contributed by atoms with Crippen molar-refractivity contribution in [2.75, 3.05) is 25.2 Å². The van der Waals surface area contributed by atoms with Gasteiger partial charge in [-0.15, -0.1) is 0 Å². The molecule has 0 aliphatic carbocycles. The van der Waals surface area contributed by atoms with E-state index >= 15 is 0 Å². The average molecular weight is 556 g/mol. The van der Waals surface area contributed by atoms with Crippen molar-refractivity contribution in [3.8, 4) is 22.8 Å². The van der Waals surface area contributed by atoms with E-state index in [1.165, 1.54) is 43.5 Å². The van der Waals surface area contributed by atoms with Gasteiger partial charge in [0, 0.05) is 29.8 Å². The van der Waals surface area contributed by atoms with Gasteiger partial charge in [0.15, 0.2) is 0 Å². The first-order valence-electron chi connectivity index (χ1n) is 12.8. The molecule has 0 saturated carbocycles. The van der Waals surface area contributed by atoms with Crippen LogP contribution in [0.1, 0.15) is 50.9 Å². The highest BCUT2D eigenvalue weighted by atomic mass is 32.2. The number of nitrogens with one attached hydrogen (secondary N) is 1. The molecule has 1 fully saturated rings. The van der Waals surface area contributed by atoms with Gasteiger partial charge >= 0.3 is 0 Å². The Balaban J connectivity index is 1.74. The Hall–Kier alpha value is -3.66. The molecule has 39 heavy (non-hydrogen) atoms. The van der Waals surface area contributed by atoms with Crippen molar-refractivity contribution in [3.05, 3.63) is 66.0 Å². The van der Waals surface area contributed by atoms with Crippen molar-refractivity contribution < 1.29 is 27.1 Å². The summed E-state index contributed by atoms with van der Waals surface area (Å²) in [5, 5.41) is 0. The highest BCUT2D eigenvalue weighted by Crippen LogP contribution is 2.36. The fourth-order valence-electron chi connectivity index (χ4n) is 4.55. The number of pyridine rings is 1. The van der Waals surface area contributed by atoms with Crippen molar-refractivity contribution in [1.29, 1.82) is 0 Å². The summed E-state index contributed by atoms with van der Waals surface area (Å²) in [5.74, 6) is 0.0571. The zero-order chi connectivity index (χ0) is 28.4. The summed E-state index contributed by atoms with van der Waals surface area (Å²) in [6.45, 7) is 9.17. The van der Waals surface area contributed by atoms with Gasteiger partial charge in [0.05, 0.1) is 29.9 Å². The van der Waals surface area contributed by atoms with Crippen LogP contribution in [0.25, 0.3) is 11.3 Å². The van der Waals surface area contributed by atoms with Gasteiger partial charge in [-0.25, -0.2) is 22.5 Å². The number of ether oxygens (including phenoxy) is 2. The van der Waals surface area contributed by atoms with Gasteiger partial charge in [0.25, 0.3) is 15.9 Å². The molecular formula is C29H34FN3O5S. The summed E-state index contributed by atoms with van der Waals surface area (Å²) >= 11 is 0. The lowest BCUT2D eigenvalue weighted by Gasteiger charge is -2.34. The fraction of sp³-hybridized carbons (Fsp3) is 0.379. The summed E-state index contributed by atoms with van der Waals surface area (Å²) in [6, 6.07) is 13.4. The molecule has 8 nitrogen and oxygen atoms in total.